The second-order valence-electron chi connectivity index (χ2n) is 3.92. The van der Waals surface area contributed by atoms with Crippen LogP contribution in [0.2, 0.25) is 0 Å². The predicted octanol–water partition coefficient (Wildman–Crippen LogP) is 1.76. The largest absolute Gasteiger partial charge is 0.299 e. The zero-order valence-corrected chi connectivity index (χ0v) is 8.61. The molecular formula is C9H17NO3. The van der Waals surface area contributed by atoms with Crippen LogP contribution in [0, 0.1) is 27.9 Å². The summed E-state index contributed by atoms with van der Waals surface area (Å²) in [5.74, 6) is -0.519. The molecule has 76 valence electrons. The Morgan fingerprint density at radius 1 is 1.31 bits per heavy atom. The molecule has 0 radical (unpaired) electrons. The van der Waals surface area contributed by atoms with Crippen LogP contribution >= 0.6 is 0 Å². The summed E-state index contributed by atoms with van der Waals surface area (Å²) >= 11 is 0. The van der Waals surface area contributed by atoms with Crippen molar-refractivity contribution in [2.75, 3.05) is 6.54 Å². The third-order valence-electron chi connectivity index (χ3n) is 2.08. The Bertz CT molecular complexity index is 199. The second kappa shape index (κ2) is 4.94. The minimum absolute atomic E-state index is 0.00769. The van der Waals surface area contributed by atoms with Crippen LogP contribution in [0.3, 0.4) is 0 Å². The molecule has 0 aliphatic heterocycles. The molecule has 1 atom stereocenters. The third kappa shape index (κ3) is 4.01. The van der Waals surface area contributed by atoms with Crippen LogP contribution in [0.15, 0.2) is 0 Å². The summed E-state index contributed by atoms with van der Waals surface area (Å²) in [6.07, 6.45) is 0. The predicted molar refractivity (Wildman–Crippen MR) is 50.0 cm³/mol. The Balaban J connectivity index is 4.42. The molecule has 4 nitrogen and oxygen atoms in total. The topological polar surface area (TPSA) is 60.2 Å². The minimum atomic E-state index is -0.435. The van der Waals surface area contributed by atoms with Crippen molar-refractivity contribution < 1.29 is 9.72 Å². The Kier molecular flexibility index (Phi) is 4.59. The van der Waals surface area contributed by atoms with Gasteiger partial charge in [0.25, 0.3) is 0 Å². The summed E-state index contributed by atoms with van der Waals surface area (Å²) in [5.41, 5.74) is 0. The lowest BCUT2D eigenvalue weighted by Gasteiger charge is -2.17. The van der Waals surface area contributed by atoms with Gasteiger partial charge in [-0.3, -0.25) is 14.9 Å². The van der Waals surface area contributed by atoms with Crippen molar-refractivity contribution in [3.8, 4) is 0 Å². The molecule has 0 aromatic rings. The first-order valence-electron chi connectivity index (χ1n) is 4.51. The van der Waals surface area contributed by atoms with Crippen molar-refractivity contribution in [1.82, 2.24) is 0 Å². The fourth-order valence-electron chi connectivity index (χ4n) is 1.22. The van der Waals surface area contributed by atoms with Gasteiger partial charge in [-0.1, -0.05) is 27.7 Å². The van der Waals surface area contributed by atoms with Crippen molar-refractivity contribution >= 4 is 5.78 Å². The van der Waals surface area contributed by atoms with E-state index in [4.69, 9.17) is 0 Å². The average Bonchev–Trinajstić information content (AvgIpc) is 1.97. The van der Waals surface area contributed by atoms with Gasteiger partial charge in [0.1, 0.15) is 5.78 Å². The van der Waals surface area contributed by atoms with Gasteiger partial charge in [-0.15, -0.1) is 0 Å². The number of ketones is 1. The molecule has 0 N–H and O–H groups in total. The first kappa shape index (κ1) is 12.1. The molecule has 13 heavy (non-hydrogen) atoms. The first-order valence-corrected chi connectivity index (χ1v) is 4.51. The van der Waals surface area contributed by atoms with E-state index in [1.165, 1.54) is 0 Å². The molecule has 0 saturated heterocycles. The van der Waals surface area contributed by atoms with Crippen LogP contribution in [0.4, 0.5) is 0 Å². The van der Waals surface area contributed by atoms with Crippen LogP contribution in [0.25, 0.3) is 0 Å². The van der Waals surface area contributed by atoms with Gasteiger partial charge in [0.2, 0.25) is 6.54 Å². The lowest BCUT2D eigenvalue weighted by molar-refractivity contribution is -0.487. The van der Waals surface area contributed by atoms with E-state index in [1.54, 1.807) is 13.8 Å². The molecule has 0 aliphatic rings. The number of Topliss-reactive ketones (excluding diaryl/α,β-unsaturated/α-hetero) is 1. The molecule has 0 rings (SSSR count). The Morgan fingerprint density at radius 3 is 2.00 bits per heavy atom. The van der Waals surface area contributed by atoms with Gasteiger partial charge in [-0.2, -0.15) is 0 Å². The molecule has 0 spiro atoms. The van der Waals surface area contributed by atoms with E-state index in [2.05, 4.69) is 0 Å². The molecule has 0 amide bonds. The standard InChI is InChI=1S/C9H17NO3/c1-6(2)8(5-10(12)13)9(11)7(3)4/h6-8H,5H2,1-4H3/t8-/m1/s1. The Hall–Kier alpha value is -0.930. The lowest BCUT2D eigenvalue weighted by Crippen LogP contribution is -2.30. The van der Waals surface area contributed by atoms with Gasteiger partial charge < -0.3 is 0 Å². The van der Waals surface area contributed by atoms with Crippen molar-refractivity contribution in [1.29, 1.82) is 0 Å². The highest BCUT2D eigenvalue weighted by atomic mass is 16.6. The van der Waals surface area contributed by atoms with E-state index in [0.717, 1.165) is 0 Å². The van der Waals surface area contributed by atoms with Gasteiger partial charge in [0, 0.05) is 10.8 Å². The van der Waals surface area contributed by atoms with E-state index < -0.39 is 10.8 Å². The average molecular weight is 187 g/mol. The molecule has 0 aromatic heterocycles. The fraction of sp³-hybridized carbons (Fsp3) is 0.889. The molecule has 0 heterocycles. The zero-order chi connectivity index (χ0) is 10.6. The van der Waals surface area contributed by atoms with Gasteiger partial charge in [0.15, 0.2) is 0 Å². The zero-order valence-electron chi connectivity index (χ0n) is 8.61. The number of hydrogen-bond donors (Lipinski definition) is 0. The van der Waals surface area contributed by atoms with E-state index in [0.29, 0.717) is 0 Å². The van der Waals surface area contributed by atoms with Crippen LogP contribution in [0.5, 0.6) is 0 Å². The van der Waals surface area contributed by atoms with Crippen molar-refractivity contribution in [3.05, 3.63) is 10.1 Å². The van der Waals surface area contributed by atoms with Crippen LogP contribution in [0.1, 0.15) is 27.7 Å². The number of rotatable bonds is 5. The summed E-state index contributed by atoms with van der Waals surface area (Å²) in [4.78, 5) is 21.4. The number of nitrogens with zero attached hydrogens (tertiary/aromatic N) is 1. The van der Waals surface area contributed by atoms with Gasteiger partial charge >= 0.3 is 0 Å². The Morgan fingerprint density at radius 2 is 1.77 bits per heavy atom. The maximum Gasteiger partial charge on any atom is 0.213 e. The molecule has 0 fully saturated rings. The Labute approximate surface area is 78.5 Å². The number of carbonyl (C=O) groups excluding carboxylic acids is 1. The lowest BCUT2D eigenvalue weighted by atomic mass is 9.86. The first-order chi connectivity index (χ1) is 5.86. The van der Waals surface area contributed by atoms with Gasteiger partial charge in [0.05, 0.1) is 5.92 Å². The third-order valence-corrected chi connectivity index (χ3v) is 2.08. The number of nitro groups is 1. The molecule has 0 aromatic carbocycles. The molecule has 0 unspecified atom stereocenters. The van der Waals surface area contributed by atoms with E-state index >= 15 is 0 Å². The molecule has 0 saturated carbocycles. The maximum atomic E-state index is 11.5. The highest BCUT2D eigenvalue weighted by Gasteiger charge is 2.28. The summed E-state index contributed by atoms with van der Waals surface area (Å²) < 4.78 is 0. The van der Waals surface area contributed by atoms with E-state index in [1.807, 2.05) is 13.8 Å². The van der Waals surface area contributed by atoms with Crippen molar-refractivity contribution in [3.63, 3.8) is 0 Å². The summed E-state index contributed by atoms with van der Waals surface area (Å²) in [6.45, 7) is 6.99. The molecule has 0 bridgehead atoms. The number of hydrogen-bond acceptors (Lipinski definition) is 3. The quantitative estimate of drug-likeness (QED) is 0.486. The maximum absolute atomic E-state index is 11.5. The smallest absolute Gasteiger partial charge is 0.213 e. The van der Waals surface area contributed by atoms with Crippen LogP contribution in [-0.2, 0) is 4.79 Å². The number of carbonyl (C=O) groups is 1. The van der Waals surface area contributed by atoms with Gasteiger partial charge in [-0.25, -0.2) is 0 Å². The molecular weight excluding hydrogens is 170 g/mol. The SMILES string of the molecule is CC(C)C(=O)[C@H](C[N+](=O)[O-])C(C)C. The monoisotopic (exact) mass is 187 g/mol. The summed E-state index contributed by atoms with van der Waals surface area (Å²) in [6, 6.07) is 0. The normalized spacial score (nSPS) is 13.4. The van der Waals surface area contributed by atoms with Crippen LogP contribution in [-0.4, -0.2) is 17.3 Å². The highest BCUT2D eigenvalue weighted by Crippen LogP contribution is 2.16. The molecule has 0 aliphatic carbocycles. The van der Waals surface area contributed by atoms with Crippen molar-refractivity contribution in [2.24, 2.45) is 17.8 Å². The fourth-order valence-corrected chi connectivity index (χ4v) is 1.22. The summed E-state index contributed by atoms with van der Waals surface area (Å²) in [5, 5.41) is 10.3. The van der Waals surface area contributed by atoms with E-state index in [9.17, 15) is 14.9 Å². The van der Waals surface area contributed by atoms with Crippen LogP contribution < -0.4 is 0 Å². The highest BCUT2D eigenvalue weighted by molar-refractivity contribution is 5.83. The molecule has 4 heteroatoms. The minimum Gasteiger partial charge on any atom is -0.299 e. The van der Waals surface area contributed by atoms with E-state index in [-0.39, 0.29) is 24.2 Å². The van der Waals surface area contributed by atoms with Gasteiger partial charge in [-0.05, 0) is 5.92 Å². The van der Waals surface area contributed by atoms with Crippen molar-refractivity contribution in [2.45, 2.75) is 27.7 Å². The summed E-state index contributed by atoms with van der Waals surface area (Å²) in [7, 11) is 0. The second-order valence-corrected chi connectivity index (χ2v) is 3.92.